The minimum Gasteiger partial charge on any atom is -0.286 e. The van der Waals surface area contributed by atoms with Gasteiger partial charge in [0, 0.05) is 0 Å². The summed E-state index contributed by atoms with van der Waals surface area (Å²) < 4.78 is 42.8. The Labute approximate surface area is 126 Å². The molecule has 21 heavy (non-hydrogen) atoms. The van der Waals surface area contributed by atoms with Gasteiger partial charge in [0.25, 0.3) is 10.1 Å². The second-order valence-corrected chi connectivity index (χ2v) is 7.17. The molecule has 0 heterocycles. The van der Waals surface area contributed by atoms with Crippen LogP contribution >= 0.6 is 0 Å². The molecule has 3 nitrogen and oxygen atoms in total. The van der Waals surface area contributed by atoms with E-state index in [4.69, 9.17) is 4.55 Å². The van der Waals surface area contributed by atoms with Crippen molar-refractivity contribution in [3.8, 4) is 0 Å². The Bertz CT molecular complexity index is 547. The highest BCUT2D eigenvalue weighted by molar-refractivity contribution is 7.85. The first-order valence-electron chi connectivity index (χ1n) is 7.17. The van der Waals surface area contributed by atoms with Gasteiger partial charge in [-0.25, -0.2) is 4.39 Å². The maximum Gasteiger partial charge on any atom is 0.264 e. The number of rotatable bonds is 8. The van der Waals surface area contributed by atoms with Crippen molar-refractivity contribution in [3.63, 3.8) is 0 Å². The summed E-state index contributed by atoms with van der Waals surface area (Å²) in [5.74, 6) is 0.334. The average Bonchev–Trinajstić information content (AvgIpc) is 2.38. The van der Waals surface area contributed by atoms with Crippen LogP contribution in [0.25, 0.3) is 6.08 Å². The smallest absolute Gasteiger partial charge is 0.264 e. The second kappa shape index (κ2) is 8.29. The molecule has 0 aliphatic carbocycles. The van der Waals surface area contributed by atoms with Gasteiger partial charge in [-0.3, -0.25) is 4.55 Å². The van der Waals surface area contributed by atoms with E-state index in [9.17, 15) is 12.8 Å². The van der Waals surface area contributed by atoms with Gasteiger partial charge in [-0.05, 0) is 42.4 Å². The Morgan fingerprint density at radius 2 is 1.81 bits per heavy atom. The second-order valence-electron chi connectivity index (χ2n) is 5.60. The molecular formula is C16H23FO3S. The SMILES string of the molecule is CC(C)[C@@H](/C=C/c1ccc(F)cc1)CCCCS(=O)(=O)O. The number of benzene rings is 1. The van der Waals surface area contributed by atoms with Crippen molar-refractivity contribution in [2.24, 2.45) is 11.8 Å². The number of hydrogen-bond acceptors (Lipinski definition) is 2. The lowest BCUT2D eigenvalue weighted by atomic mass is 9.90. The average molecular weight is 314 g/mol. The molecule has 1 aromatic rings. The molecule has 0 aromatic heterocycles. The first-order chi connectivity index (χ1) is 9.78. The largest absolute Gasteiger partial charge is 0.286 e. The Kier molecular flexibility index (Phi) is 7.05. The Balaban J connectivity index is 2.51. The highest BCUT2D eigenvalue weighted by Crippen LogP contribution is 2.21. The van der Waals surface area contributed by atoms with E-state index in [1.807, 2.05) is 6.08 Å². The van der Waals surface area contributed by atoms with E-state index in [0.717, 1.165) is 18.4 Å². The van der Waals surface area contributed by atoms with Gasteiger partial charge in [0.1, 0.15) is 5.82 Å². The molecule has 0 saturated carbocycles. The van der Waals surface area contributed by atoms with Gasteiger partial charge in [-0.2, -0.15) is 8.42 Å². The summed E-state index contributed by atoms with van der Waals surface area (Å²) in [7, 11) is -3.86. The Hall–Kier alpha value is -1.20. The van der Waals surface area contributed by atoms with Crippen LogP contribution in [0, 0.1) is 17.7 Å². The fourth-order valence-electron chi connectivity index (χ4n) is 2.12. The molecule has 1 N–H and O–H groups in total. The molecule has 0 aliphatic heterocycles. The van der Waals surface area contributed by atoms with Crippen molar-refractivity contribution < 1.29 is 17.4 Å². The zero-order valence-corrected chi connectivity index (χ0v) is 13.3. The molecule has 1 atom stereocenters. The van der Waals surface area contributed by atoms with E-state index in [0.29, 0.717) is 18.3 Å². The molecule has 5 heteroatoms. The summed E-state index contributed by atoms with van der Waals surface area (Å²) in [4.78, 5) is 0. The minimum atomic E-state index is -3.86. The summed E-state index contributed by atoms with van der Waals surface area (Å²) in [6.45, 7) is 4.23. The third-order valence-corrected chi connectivity index (χ3v) is 4.26. The fourth-order valence-corrected chi connectivity index (χ4v) is 2.69. The van der Waals surface area contributed by atoms with Crippen LogP contribution in [-0.4, -0.2) is 18.7 Å². The lowest BCUT2D eigenvalue weighted by molar-refractivity contribution is 0.421. The monoisotopic (exact) mass is 314 g/mol. The van der Waals surface area contributed by atoms with Gasteiger partial charge < -0.3 is 0 Å². The van der Waals surface area contributed by atoms with Crippen LogP contribution < -0.4 is 0 Å². The Morgan fingerprint density at radius 1 is 1.19 bits per heavy atom. The molecule has 1 aromatic carbocycles. The summed E-state index contributed by atoms with van der Waals surface area (Å²) >= 11 is 0. The predicted octanol–water partition coefficient (Wildman–Crippen LogP) is 4.17. The molecule has 0 bridgehead atoms. The third kappa shape index (κ3) is 7.97. The van der Waals surface area contributed by atoms with Crippen molar-refractivity contribution in [1.82, 2.24) is 0 Å². The van der Waals surface area contributed by atoms with Gasteiger partial charge in [0.2, 0.25) is 0 Å². The molecule has 118 valence electrons. The van der Waals surface area contributed by atoms with E-state index in [1.54, 1.807) is 12.1 Å². The molecule has 1 rings (SSSR count). The van der Waals surface area contributed by atoms with Crippen LogP contribution in [0.4, 0.5) is 4.39 Å². The van der Waals surface area contributed by atoms with Gasteiger partial charge >= 0.3 is 0 Å². The molecule has 0 radical (unpaired) electrons. The zero-order chi connectivity index (χ0) is 15.9. The lowest BCUT2D eigenvalue weighted by Crippen LogP contribution is -2.08. The first-order valence-corrected chi connectivity index (χ1v) is 8.78. The van der Waals surface area contributed by atoms with Crippen LogP contribution in [0.1, 0.15) is 38.7 Å². The van der Waals surface area contributed by atoms with Crippen LogP contribution in [0.15, 0.2) is 30.3 Å². The van der Waals surface area contributed by atoms with Gasteiger partial charge in [-0.1, -0.05) is 44.6 Å². The van der Waals surface area contributed by atoms with Crippen molar-refractivity contribution in [1.29, 1.82) is 0 Å². The maximum absolute atomic E-state index is 12.8. The molecular weight excluding hydrogens is 291 g/mol. The zero-order valence-electron chi connectivity index (χ0n) is 12.5. The van der Waals surface area contributed by atoms with Crippen LogP contribution in [-0.2, 0) is 10.1 Å². The molecule has 0 fully saturated rings. The molecule has 0 aliphatic rings. The maximum atomic E-state index is 12.8. The minimum absolute atomic E-state index is 0.181. The lowest BCUT2D eigenvalue weighted by Gasteiger charge is -2.16. The van der Waals surface area contributed by atoms with Crippen LogP contribution in [0.2, 0.25) is 0 Å². The van der Waals surface area contributed by atoms with Crippen molar-refractivity contribution in [2.75, 3.05) is 5.75 Å². The summed E-state index contributed by atoms with van der Waals surface area (Å²) in [5.41, 5.74) is 0.944. The molecule has 0 unspecified atom stereocenters. The van der Waals surface area contributed by atoms with Crippen molar-refractivity contribution in [3.05, 3.63) is 41.7 Å². The Morgan fingerprint density at radius 3 is 2.33 bits per heavy atom. The predicted molar refractivity (Wildman–Crippen MR) is 84.0 cm³/mol. The first kappa shape index (κ1) is 17.9. The molecule has 0 amide bonds. The molecule has 0 saturated heterocycles. The topological polar surface area (TPSA) is 54.4 Å². The van der Waals surface area contributed by atoms with E-state index in [-0.39, 0.29) is 11.6 Å². The quantitative estimate of drug-likeness (QED) is 0.579. The van der Waals surface area contributed by atoms with Gasteiger partial charge in [-0.15, -0.1) is 0 Å². The summed E-state index contributed by atoms with van der Waals surface area (Å²) in [5, 5.41) is 0. The third-order valence-electron chi connectivity index (χ3n) is 3.45. The number of unbranched alkanes of at least 4 members (excludes halogenated alkanes) is 1. The number of hydrogen-bond donors (Lipinski definition) is 1. The highest BCUT2D eigenvalue weighted by Gasteiger charge is 2.11. The fraction of sp³-hybridized carbons (Fsp3) is 0.500. The molecule has 0 spiro atoms. The van der Waals surface area contributed by atoms with E-state index < -0.39 is 10.1 Å². The van der Waals surface area contributed by atoms with E-state index >= 15 is 0 Å². The van der Waals surface area contributed by atoms with Crippen molar-refractivity contribution in [2.45, 2.75) is 33.1 Å². The summed E-state index contributed by atoms with van der Waals surface area (Å²) in [6.07, 6.45) is 6.13. The van der Waals surface area contributed by atoms with E-state index in [1.165, 1.54) is 12.1 Å². The van der Waals surface area contributed by atoms with Gasteiger partial charge in [0.15, 0.2) is 0 Å². The van der Waals surface area contributed by atoms with Crippen molar-refractivity contribution >= 4 is 16.2 Å². The van der Waals surface area contributed by atoms with Crippen LogP contribution in [0.5, 0.6) is 0 Å². The number of allylic oxidation sites excluding steroid dienone is 1. The summed E-state index contributed by atoms with van der Waals surface area (Å²) in [6, 6.07) is 6.30. The standard InChI is InChI=1S/C16H23FO3S/c1-13(2)15(5-3-4-12-21(18,19)20)9-6-14-7-10-16(17)11-8-14/h6-11,13,15H,3-5,12H2,1-2H3,(H,18,19,20)/b9-6+/t15-/m1/s1. The highest BCUT2D eigenvalue weighted by atomic mass is 32.2. The van der Waals surface area contributed by atoms with Crippen LogP contribution in [0.3, 0.4) is 0 Å². The normalized spacial score (nSPS) is 14.0. The number of halogens is 1. The van der Waals surface area contributed by atoms with E-state index in [2.05, 4.69) is 19.9 Å². The van der Waals surface area contributed by atoms with Gasteiger partial charge in [0.05, 0.1) is 5.75 Å².